The van der Waals surface area contributed by atoms with Gasteiger partial charge in [0, 0.05) is 28.0 Å². The molecule has 1 saturated heterocycles. The van der Waals surface area contributed by atoms with Crippen molar-refractivity contribution < 1.29 is 13.2 Å². The molecule has 1 aliphatic carbocycles. The highest BCUT2D eigenvalue weighted by Gasteiger charge is 2.30. The predicted octanol–water partition coefficient (Wildman–Crippen LogP) is 4.30. The van der Waals surface area contributed by atoms with E-state index in [0.717, 1.165) is 49.0 Å². The van der Waals surface area contributed by atoms with E-state index in [4.69, 9.17) is 0 Å². The quantitative estimate of drug-likeness (QED) is 0.687. The summed E-state index contributed by atoms with van der Waals surface area (Å²) in [4.78, 5) is 14.1. The van der Waals surface area contributed by atoms with Gasteiger partial charge in [-0.05, 0) is 78.2 Å². The van der Waals surface area contributed by atoms with Crippen LogP contribution in [0.25, 0.3) is 0 Å². The molecule has 4 rings (SSSR count). The van der Waals surface area contributed by atoms with Crippen LogP contribution < -0.4 is 5.32 Å². The lowest BCUT2D eigenvalue weighted by Gasteiger charge is -2.17. The third-order valence-corrected chi connectivity index (χ3v) is 9.49. The van der Waals surface area contributed by atoms with Crippen molar-refractivity contribution in [2.24, 2.45) is 0 Å². The smallest absolute Gasteiger partial charge is 0.256 e. The molecule has 0 unspecified atom stereocenters. The van der Waals surface area contributed by atoms with Gasteiger partial charge in [0.25, 0.3) is 5.91 Å². The summed E-state index contributed by atoms with van der Waals surface area (Å²) in [6.45, 7) is 0.995. The monoisotopic (exact) mass is 493 g/mol. The topological polar surface area (TPSA) is 90.3 Å². The highest BCUT2D eigenvalue weighted by Crippen LogP contribution is 2.38. The van der Waals surface area contributed by atoms with Crippen molar-refractivity contribution in [1.29, 1.82) is 5.26 Å². The van der Waals surface area contributed by atoms with Crippen LogP contribution in [-0.4, -0.2) is 31.7 Å². The molecule has 152 valence electrons. The summed E-state index contributed by atoms with van der Waals surface area (Å²) in [5.74, 6) is -0.412. The Morgan fingerprint density at radius 3 is 2.62 bits per heavy atom. The Kier molecular flexibility index (Phi) is 5.80. The minimum absolute atomic E-state index is 0.0954. The molecule has 1 aromatic carbocycles. The minimum Gasteiger partial charge on any atom is -0.312 e. The molecule has 1 fully saturated rings. The molecule has 1 aliphatic heterocycles. The summed E-state index contributed by atoms with van der Waals surface area (Å²) in [6, 6.07) is 6.81. The molecule has 1 amide bonds. The fourth-order valence-electron chi connectivity index (χ4n) is 3.86. The maximum absolute atomic E-state index is 12.9. The second-order valence-electron chi connectivity index (χ2n) is 7.24. The van der Waals surface area contributed by atoms with Gasteiger partial charge in [-0.25, -0.2) is 8.42 Å². The van der Waals surface area contributed by atoms with Crippen LogP contribution >= 0.6 is 27.3 Å². The van der Waals surface area contributed by atoms with E-state index in [9.17, 15) is 18.5 Å². The number of thiophene rings is 1. The van der Waals surface area contributed by atoms with E-state index in [1.165, 1.54) is 21.7 Å². The van der Waals surface area contributed by atoms with E-state index in [1.54, 1.807) is 12.1 Å². The number of amides is 1. The molecule has 0 saturated carbocycles. The normalized spacial score (nSPS) is 17.0. The zero-order valence-electron chi connectivity index (χ0n) is 15.7. The first-order valence-corrected chi connectivity index (χ1v) is 12.6. The average molecular weight is 494 g/mol. The molecule has 6 nitrogen and oxygen atoms in total. The lowest BCUT2D eigenvalue weighted by Crippen LogP contribution is -2.28. The Bertz CT molecular complexity index is 1110. The Labute approximate surface area is 182 Å². The number of nitrogens with zero attached hydrogens (tertiary/aromatic N) is 2. The zero-order chi connectivity index (χ0) is 20.6. The molecule has 2 heterocycles. The Morgan fingerprint density at radius 2 is 1.90 bits per heavy atom. The van der Waals surface area contributed by atoms with Crippen molar-refractivity contribution in [2.75, 3.05) is 18.4 Å². The number of hydrogen-bond donors (Lipinski definition) is 1. The van der Waals surface area contributed by atoms with Gasteiger partial charge in [0.05, 0.1) is 10.5 Å². The minimum atomic E-state index is -3.66. The Balaban J connectivity index is 1.64. The number of halogens is 1. The summed E-state index contributed by atoms with van der Waals surface area (Å²) in [5.41, 5.74) is 1.84. The van der Waals surface area contributed by atoms with Crippen LogP contribution in [0.5, 0.6) is 0 Å². The van der Waals surface area contributed by atoms with Gasteiger partial charge in [0.2, 0.25) is 10.0 Å². The summed E-state index contributed by atoms with van der Waals surface area (Å²) >= 11 is 4.76. The van der Waals surface area contributed by atoms with Crippen molar-refractivity contribution in [3.8, 4) is 6.07 Å². The van der Waals surface area contributed by atoms with Crippen LogP contribution in [0.4, 0.5) is 5.00 Å². The van der Waals surface area contributed by atoms with E-state index < -0.39 is 15.9 Å². The van der Waals surface area contributed by atoms with Crippen LogP contribution in [-0.2, 0) is 22.9 Å². The lowest BCUT2D eigenvalue weighted by atomic mass is 9.96. The van der Waals surface area contributed by atoms with E-state index in [1.807, 2.05) is 0 Å². The van der Waals surface area contributed by atoms with Gasteiger partial charge in [-0.2, -0.15) is 9.57 Å². The van der Waals surface area contributed by atoms with Crippen LogP contribution in [0.3, 0.4) is 0 Å². The number of benzene rings is 1. The second-order valence-corrected chi connectivity index (χ2v) is 11.1. The number of carbonyl (C=O) groups is 1. The highest BCUT2D eigenvalue weighted by atomic mass is 79.9. The summed E-state index contributed by atoms with van der Waals surface area (Å²) in [5, 5.41) is 13.0. The molecule has 1 N–H and O–H groups in total. The second kappa shape index (κ2) is 8.19. The number of carbonyl (C=O) groups excluding carboxylic acids is 1. The molecule has 9 heteroatoms. The fraction of sp³-hybridized carbons (Fsp3) is 0.400. The van der Waals surface area contributed by atoms with Crippen LogP contribution in [0.1, 0.15) is 52.0 Å². The SMILES string of the molecule is N#Cc1c(NC(=O)c2ccc(Br)c(S(=O)(=O)N3CCCC3)c2)sc2c1CCCC2. The number of sulfonamides is 1. The summed E-state index contributed by atoms with van der Waals surface area (Å²) < 4.78 is 27.8. The lowest BCUT2D eigenvalue weighted by molar-refractivity contribution is 0.102. The Morgan fingerprint density at radius 1 is 1.17 bits per heavy atom. The van der Waals surface area contributed by atoms with Crippen LogP contribution in [0.2, 0.25) is 0 Å². The fourth-order valence-corrected chi connectivity index (χ4v) is 7.56. The third kappa shape index (κ3) is 3.87. The number of anilines is 1. The number of hydrogen-bond acceptors (Lipinski definition) is 5. The molecule has 2 aromatic rings. The predicted molar refractivity (Wildman–Crippen MR) is 116 cm³/mol. The van der Waals surface area contributed by atoms with E-state index in [-0.39, 0.29) is 10.5 Å². The van der Waals surface area contributed by atoms with Gasteiger partial charge in [-0.15, -0.1) is 11.3 Å². The number of aryl methyl sites for hydroxylation is 1. The molecule has 0 atom stereocenters. The molecular formula is C20H20BrN3O3S2. The number of rotatable bonds is 4. The largest absolute Gasteiger partial charge is 0.312 e. The number of nitrogens with one attached hydrogen (secondary N) is 1. The van der Waals surface area contributed by atoms with E-state index in [2.05, 4.69) is 27.3 Å². The summed E-state index contributed by atoms with van der Waals surface area (Å²) in [6.07, 6.45) is 5.63. The molecule has 0 bridgehead atoms. The third-order valence-electron chi connectivity index (χ3n) is 5.39. The van der Waals surface area contributed by atoms with Crippen molar-refractivity contribution >= 4 is 48.2 Å². The van der Waals surface area contributed by atoms with Crippen molar-refractivity contribution in [1.82, 2.24) is 4.31 Å². The molecule has 0 spiro atoms. The Hall–Kier alpha value is -1.73. The van der Waals surface area contributed by atoms with E-state index in [0.29, 0.717) is 28.1 Å². The molecule has 1 aromatic heterocycles. The first kappa shape index (κ1) is 20.5. The average Bonchev–Trinajstić information content (AvgIpc) is 3.36. The molecule has 29 heavy (non-hydrogen) atoms. The van der Waals surface area contributed by atoms with Gasteiger partial charge in [-0.1, -0.05) is 0 Å². The van der Waals surface area contributed by atoms with Crippen molar-refractivity contribution in [3.63, 3.8) is 0 Å². The van der Waals surface area contributed by atoms with Crippen LogP contribution in [0.15, 0.2) is 27.6 Å². The van der Waals surface area contributed by atoms with Crippen molar-refractivity contribution in [3.05, 3.63) is 44.2 Å². The molecular weight excluding hydrogens is 474 g/mol. The first-order chi connectivity index (χ1) is 13.9. The van der Waals surface area contributed by atoms with E-state index >= 15 is 0 Å². The number of fused-ring (bicyclic) bond motifs is 1. The van der Waals surface area contributed by atoms with Gasteiger partial charge in [0.15, 0.2) is 0 Å². The number of nitriles is 1. The zero-order valence-corrected chi connectivity index (χ0v) is 18.9. The van der Waals surface area contributed by atoms with Crippen molar-refractivity contribution in [2.45, 2.75) is 43.4 Å². The van der Waals surface area contributed by atoms with Gasteiger partial charge in [0.1, 0.15) is 11.1 Å². The van der Waals surface area contributed by atoms with Crippen LogP contribution in [0, 0.1) is 11.3 Å². The highest BCUT2D eigenvalue weighted by molar-refractivity contribution is 9.10. The van der Waals surface area contributed by atoms with Gasteiger partial charge >= 0.3 is 0 Å². The standard InChI is InChI=1S/C20H20BrN3O3S2/c21-16-8-7-13(11-18(16)29(26,27)24-9-3-4-10-24)19(25)23-20-15(12-22)14-5-1-2-6-17(14)28-20/h7-8,11H,1-6,9-10H2,(H,23,25). The maximum Gasteiger partial charge on any atom is 0.256 e. The van der Waals surface area contributed by atoms with Gasteiger partial charge in [-0.3, -0.25) is 4.79 Å². The summed E-state index contributed by atoms with van der Waals surface area (Å²) in [7, 11) is -3.66. The molecule has 0 radical (unpaired) electrons. The van der Waals surface area contributed by atoms with Gasteiger partial charge < -0.3 is 5.32 Å². The first-order valence-electron chi connectivity index (χ1n) is 9.57. The maximum atomic E-state index is 12.9. The molecule has 2 aliphatic rings.